The minimum Gasteiger partial charge on any atom is -0.396 e. The maximum Gasteiger partial charge on any atom is 0.191 e. The van der Waals surface area contributed by atoms with Gasteiger partial charge in [-0.1, -0.05) is 57.0 Å². The molecule has 0 saturated heterocycles. The molecule has 0 amide bonds. The van der Waals surface area contributed by atoms with E-state index >= 15 is 0 Å². The van der Waals surface area contributed by atoms with Crippen LogP contribution in [-0.4, -0.2) is 30.8 Å². The van der Waals surface area contributed by atoms with Gasteiger partial charge in [-0.25, -0.2) is 4.99 Å². The molecule has 1 aromatic rings. The first-order valence-corrected chi connectivity index (χ1v) is 8.65. The highest BCUT2D eigenvalue weighted by Crippen LogP contribution is 2.17. The monoisotopic (exact) mass is 447 g/mol. The van der Waals surface area contributed by atoms with E-state index in [1.54, 1.807) is 0 Å². The maximum atomic E-state index is 9.14. The average molecular weight is 447 g/mol. The van der Waals surface area contributed by atoms with Gasteiger partial charge in [-0.05, 0) is 30.7 Å². The Morgan fingerprint density at radius 1 is 1.17 bits per heavy atom. The molecule has 4 nitrogen and oxygen atoms in total. The second-order valence-electron chi connectivity index (χ2n) is 6.92. The Balaban J connectivity index is 0.00000529. The number of guanidine groups is 1. The summed E-state index contributed by atoms with van der Waals surface area (Å²) in [5.74, 6) is 0.852. The topological polar surface area (TPSA) is 56.7 Å². The molecule has 0 spiro atoms. The quantitative estimate of drug-likeness (QED) is 0.233. The van der Waals surface area contributed by atoms with Gasteiger partial charge in [-0.15, -0.1) is 24.0 Å². The van der Waals surface area contributed by atoms with Crippen molar-refractivity contribution < 1.29 is 5.11 Å². The molecular weight excluding hydrogens is 413 g/mol. The maximum absolute atomic E-state index is 9.14. The van der Waals surface area contributed by atoms with Crippen molar-refractivity contribution in [2.45, 2.75) is 53.5 Å². The summed E-state index contributed by atoms with van der Waals surface area (Å²) in [4.78, 5) is 4.69. The lowest BCUT2D eigenvalue weighted by Crippen LogP contribution is -2.42. The minimum atomic E-state index is 0. The van der Waals surface area contributed by atoms with Crippen molar-refractivity contribution in [2.75, 3.05) is 19.7 Å². The molecule has 0 unspecified atom stereocenters. The molecule has 0 aliphatic carbocycles. The summed E-state index contributed by atoms with van der Waals surface area (Å²) in [6.07, 6.45) is 3.07. The number of aliphatic hydroxyl groups excluding tert-OH is 1. The van der Waals surface area contributed by atoms with Crippen molar-refractivity contribution in [2.24, 2.45) is 10.4 Å². The molecule has 1 rings (SSSR count). The van der Waals surface area contributed by atoms with Gasteiger partial charge in [0.1, 0.15) is 0 Å². The van der Waals surface area contributed by atoms with E-state index in [2.05, 4.69) is 62.6 Å². The van der Waals surface area contributed by atoms with Gasteiger partial charge in [0.15, 0.2) is 5.96 Å². The lowest BCUT2D eigenvalue weighted by Gasteiger charge is -2.25. The van der Waals surface area contributed by atoms with Gasteiger partial charge in [0.2, 0.25) is 0 Å². The van der Waals surface area contributed by atoms with Gasteiger partial charge in [-0.3, -0.25) is 0 Å². The van der Waals surface area contributed by atoms with Gasteiger partial charge in [-0.2, -0.15) is 0 Å². The van der Waals surface area contributed by atoms with Crippen molar-refractivity contribution in [3.05, 3.63) is 35.4 Å². The van der Waals surface area contributed by atoms with E-state index in [0.717, 1.165) is 38.3 Å². The van der Waals surface area contributed by atoms with Crippen molar-refractivity contribution >= 4 is 29.9 Å². The Kier molecular flexibility index (Phi) is 12.1. The summed E-state index contributed by atoms with van der Waals surface area (Å²) >= 11 is 0. The van der Waals surface area contributed by atoms with E-state index in [1.165, 1.54) is 11.1 Å². The predicted molar refractivity (Wildman–Crippen MR) is 114 cm³/mol. The first-order valence-electron chi connectivity index (χ1n) is 8.65. The number of nitrogens with zero attached hydrogens (tertiary/aromatic N) is 1. The summed E-state index contributed by atoms with van der Waals surface area (Å²) in [6.45, 7) is 11.2. The Hall–Kier alpha value is -0.820. The fourth-order valence-corrected chi connectivity index (χ4v) is 2.14. The van der Waals surface area contributed by atoms with Crippen LogP contribution in [0.5, 0.6) is 0 Å². The molecule has 0 saturated carbocycles. The molecule has 24 heavy (non-hydrogen) atoms. The molecule has 138 valence electrons. The van der Waals surface area contributed by atoms with Crippen LogP contribution in [0.15, 0.2) is 29.3 Å². The Bertz CT molecular complexity index is 472. The van der Waals surface area contributed by atoms with Gasteiger partial charge in [0.05, 0.1) is 6.54 Å². The number of hydrogen-bond acceptors (Lipinski definition) is 2. The lowest BCUT2D eigenvalue weighted by molar-refractivity contribution is 0.212. The molecule has 5 heteroatoms. The first-order chi connectivity index (χ1) is 11.0. The van der Waals surface area contributed by atoms with Crippen LogP contribution in [0.25, 0.3) is 0 Å². The van der Waals surface area contributed by atoms with Crippen LogP contribution in [-0.2, 0) is 6.54 Å². The zero-order valence-corrected chi connectivity index (χ0v) is 17.9. The first kappa shape index (κ1) is 23.2. The van der Waals surface area contributed by atoms with Crippen LogP contribution >= 0.6 is 24.0 Å². The number of benzene rings is 1. The molecule has 0 fully saturated rings. The van der Waals surface area contributed by atoms with Gasteiger partial charge < -0.3 is 15.7 Å². The minimum absolute atomic E-state index is 0. The molecule has 0 heterocycles. The summed E-state index contributed by atoms with van der Waals surface area (Å²) < 4.78 is 0. The fourth-order valence-electron chi connectivity index (χ4n) is 2.14. The normalized spacial score (nSPS) is 11.8. The third-order valence-corrected chi connectivity index (χ3v) is 3.89. The van der Waals surface area contributed by atoms with Crippen LogP contribution < -0.4 is 10.6 Å². The van der Waals surface area contributed by atoms with Gasteiger partial charge in [0.25, 0.3) is 0 Å². The van der Waals surface area contributed by atoms with E-state index in [-0.39, 0.29) is 36.0 Å². The molecule has 0 aromatic heterocycles. The Morgan fingerprint density at radius 3 is 2.42 bits per heavy atom. The van der Waals surface area contributed by atoms with E-state index in [4.69, 9.17) is 10.1 Å². The molecule has 0 aliphatic rings. The SMILES string of the molecule is CCCCNC(=NCc1ccc(C)cc1)NCC(C)(C)CCO.I. The standard InChI is InChI=1S/C19H33N3O.HI/c1-5-6-12-20-18(22-15-19(3,4)11-13-23)21-14-17-9-7-16(2)8-10-17;/h7-10,23H,5-6,11-15H2,1-4H3,(H2,20,21,22);1H. The van der Waals surface area contributed by atoms with Crippen LogP contribution in [0.1, 0.15) is 51.2 Å². The Morgan fingerprint density at radius 2 is 1.83 bits per heavy atom. The van der Waals surface area contributed by atoms with Crippen LogP contribution in [0, 0.1) is 12.3 Å². The number of aliphatic hydroxyl groups is 1. The highest BCUT2D eigenvalue weighted by atomic mass is 127. The Labute approximate surface area is 164 Å². The van der Waals surface area contributed by atoms with Crippen LogP contribution in [0.4, 0.5) is 0 Å². The van der Waals surface area contributed by atoms with Gasteiger partial charge in [0, 0.05) is 19.7 Å². The molecule has 0 aliphatic heterocycles. The number of hydrogen-bond donors (Lipinski definition) is 3. The summed E-state index contributed by atoms with van der Waals surface area (Å²) in [6, 6.07) is 8.48. The number of halogens is 1. The summed E-state index contributed by atoms with van der Waals surface area (Å²) in [5.41, 5.74) is 2.52. The van der Waals surface area contributed by atoms with Crippen molar-refractivity contribution in [3.8, 4) is 0 Å². The number of unbranched alkanes of at least 4 members (excludes halogenated alkanes) is 1. The second kappa shape index (κ2) is 12.5. The third-order valence-electron chi connectivity index (χ3n) is 3.89. The third kappa shape index (κ3) is 10.1. The molecule has 0 radical (unpaired) electrons. The highest BCUT2D eigenvalue weighted by Gasteiger charge is 2.17. The largest absolute Gasteiger partial charge is 0.396 e. The van der Waals surface area contributed by atoms with Gasteiger partial charge >= 0.3 is 0 Å². The predicted octanol–water partition coefficient (Wildman–Crippen LogP) is 3.86. The van der Waals surface area contributed by atoms with Crippen LogP contribution in [0.3, 0.4) is 0 Å². The van der Waals surface area contributed by atoms with E-state index in [9.17, 15) is 0 Å². The lowest BCUT2D eigenvalue weighted by atomic mass is 9.90. The zero-order chi connectivity index (χ0) is 17.1. The highest BCUT2D eigenvalue weighted by molar-refractivity contribution is 14.0. The molecule has 1 aromatic carbocycles. The van der Waals surface area contributed by atoms with E-state index < -0.39 is 0 Å². The molecule has 0 bridgehead atoms. The molecule has 0 atom stereocenters. The zero-order valence-electron chi connectivity index (χ0n) is 15.6. The summed E-state index contributed by atoms with van der Waals surface area (Å²) in [7, 11) is 0. The number of nitrogens with one attached hydrogen (secondary N) is 2. The number of aliphatic imine (C=N–C) groups is 1. The fraction of sp³-hybridized carbons (Fsp3) is 0.632. The second-order valence-corrected chi connectivity index (χ2v) is 6.92. The molecular formula is C19H34IN3O. The number of aryl methyl sites for hydroxylation is 1. The van der Waals surface area contributed by atoms with Crippen molar-refractivity contribution in [1.29, 1.82) is 0 Å². The smallest absolute Gasteiger partial charge is 0.191 e. The summed E-state index contributed by atoms with van der Waals surface area (Å²) in [5, 5.41) is 15.9. The van der Waals surface area contributed by atoms with Crippen molar-refractivity contribution in [1.82, 2.24) is 10.6 Å². The van der Waals surface area contributed by atoms with E-state index in [0.29, 0.717) is 6.54 Å². The van der Waals surface area contributed by atoms with Crippen molar-refractivity contribution in [3.63, 3.8) is 0 Å². The van der Waals surface area contributed by atoms with E-state index in [1.807, 2.05) is 0 Å². The number of rotatable bonds is 9. The van der Waals surface area contributed by atoms with Crippen LogP contribution in [0.2, 0.25) is 0 Å². The molecule has 3 N–H and O–H groups in total. The average Bonchev–Trinajstić information content (AvgIpc) is 2.51.